The summed E-state index contributed by atoms with van der Waals surface area (Å²) in [6, 6.07) is 8.20. The van der Waals surface area contributed by atoms with Crippen LogP contribution in [0.3, 0.4) is 0 Å². The lowest BCUT2D eigenvalue weighted by atomic mass is 10.2. The van der Waals surface area contributed by atoms with Gasteiger partial charge in [0.05, 0.1) is 5.69 Å². The predicted octanol–water partition coefficient (Wildman–Crippen LogP) is 2.44. The number of nitrogens with zero attached hydrogens (tertiary/aromatic N) is 1. The van der Waals surface area contributed by atoms with Crippen molar-refractivity contribution in [1.82, 2.24) is 4.98 Å². The molecule has 0 unspecified atom stereocenters. The highest BCUT2D eigenvalue weighted by atomic mass is 19.1. The molecule has 0 amide bonds. The van der Waals surface area contributed by atoms with E-state index in [1.807, 2.05) is 0 Å². The van der Waals surface area contributed by atoms with Gasteiger partial charge in [-0.2, -0.15) is 0 Å². The molecule has 0 aliphatic carbocycles. The number of hydrogen-bond donors (Lipinski definition) is 3. The Morgan fingerprint density at radius 1 is 1.18 bits per heavy atom. The lowest BCUT2D eigenvalue weighted by Crippen LogP contribution is -2.01. The minimum absolute atomic E-state index is 0.252. The summed E-state index contributed by atoms with van der Waals surface area (Å²) in [5.41, 5.74) is 12.8. The summed E-state index contributed by atoms with van der Waals surface area (Å²) in [5, 5.41) is 2.95. The number of nitrogens with two attached hydrogens (primary N) is 2. The highest BCUT2D eigenvalue weighted by Gasteiger charge is 2.02. The molecule has 2 aromatic rings. The van der Waals surface area contributed by atoms with Gasteiger partial charge in [0.2, 0.25) is 0 Å². The second-order valence-corrected chi connectivity index (χ2v) is 3.76. The molecule has 5 heteroatoms. The molecule has 0 fully saturated rings. The van der Waals surface area contributed by atoms with E-state index in [0.717, 1.165) is 0 Å². The maximum Gasteiger partial charge on any atom is 0.149 e. The van der Waals surface area contributed by atoms with Gasteiger partial charge in [-0.15, -0.1) is 0 Å². The van der Waals surface area contributed by atoms with E-state index in [0.29, 0.717) is 22.8 Å². The van der Waals surface area contributed by atoms with Crippen molar-refractivity contribution in [1.29, 1.82) is 0 Å². The van der Waals surface area contributed by atoms with E-state index < -0.39 is 0 Å². The van der Waals surface area contributed by atoms with Crippen LogP contribution < -0.4 is 16.8 Å². The Balaban J connectivity index is 2.25. The highest BCUT2D eigenvalue weighted by molar-refractivity contribution is 5.65. The summed E-state index contributed by atoms with van der Waals surface area (Å²) in [6.07, 6.45) is 0. The van der Waals surface area contributed by atoms with Crippen LogP contribution in [0.2, 0.25) is 0 Å². The monoisotopic (exact) mass is 232 g/mol. The van der Waals surface area contributed by atoms with E-state index in [2.05, 4.69) is 10.3 Å². The van der Waals surface area contributed by atoms with Crippen molar-refractivity contribution in [2.24, 2.45) is 0 Å². The van der Waals surface area contributed by atoms with Gasteiger partial charge in [0.1, 0.15) is 17.5 Å². The van der Waals surface area contributed by atoms with E-state index in [9.17, 15) is 4.39 Å². The number of nitrogen functional groups attached to an aromatic ring is 2. The summed E-state index contributed by atoms with van der Waals surface area (Å²) < 4.78 is 13.3. The van der Waals surface area contributed by atoms with Gasteiger partial charge in [0, 0.05) is 5.69 Å². The lowest BCUT2D eigenvalue weighted by Gasteiger charge is -2.08. The van der Waals surface area contributed by atoms with Crippen molar-refractivity contribution >= 4 is 23.0 Å². The van der Waals surface area contributed by atoms with Crippen molar-refractivity contribution in [3.05, 3.63) is 41.7 Å². The third kappa shape index (κ3) is 2.44. The Bertz CT molecular complexity index is 505. The second-order valence-electron chi connectivity index (χ2n) is 3.76. The zero-order chi connectivity index (χ0) is 12.4. The van der Waals surface area contributed by atoms with E-state index in [1.165, 1.54) is 6.07 Å². The first-order chi connectivity index (χ1) is 8.06. The topological polar surface area (TPSA) is 77.0 Å². The van der Waals surface area contributed by atoms with Crippen molar-refractivity contribution in [2.45, 2.75) is 6.92 Å². The van der Waals surface area contributed by atoms with Crippen LogP contribution in [-0.2, 0) is 0 Å². The van der Waals surface area contributed by atoms with E-state index >= 15 is 0 Å². The van der Waals surface area contributed by atoms with Crippen LogP contribution in [0.25, 0.3) is 0 Å². The largest absolute Gasteiger partial charge is 0.396 e. The lowest BCUT2D eigenvalue weighted by molar-refractivity contribution is 0.619. The number of hydrogen-bond acceptors (Lipinski definition) is 4. The molecular formula is C12H13FN4. The normalized spacial score (nSPS) is 10.2. The van der Waals surface area contributed by atoms with E-state index in [-0.39, 0.29) is 11.6 Å². The minimum atomic E-state index is -0.265. The Labute approximate surface area is 98.5 Å². The fraction of sp³-hybridized carbons (Fsp3) is 0.0833. The number of rotatable bonds is 2. The number of aryl methyl sites for hydroxylation is 1. The molecule has 0 bridgehead atoms. The van der Waals surface area contributed by atoms with Gasteiger partial charge in [0.15, 0.2) is 0 Å². The van der Waals surface area contributed by atoms with Gasteiger partial charge in [-0.25, -0.2) is 9.37 Å². The molecule has 5 N–H and O–H groups in total. The van der Waals surface area contributed by atoms with Gasteiger partial charge in [-0.05, 0) is 36.8 Å². The summed E-state index contributed by atoms with van der Waals surface area (Å²) in [5.74, 6) is 0.515. The van der Waals surface area contributed by atoms with Crippen LogP contribution in [-0.4, -0.2) is 4.98 Å². The van der Waals surface area contributed by atoms with Crippen molar-refractivity contribution in [3.63, 3.8) is 0 Å². The average molecular weight is 232 g/mol. The molecule has 1 aromatic heterocycles. The predicted molar refractivity (Wildman–Crippen MR) is 67.5 cm³/mol. The Morgan fingerprint density at radius 2 is 1.94 bits per heavy atom. The Hall–Kier alpha value is -2.30. The molecule has 0 aliphatic heterocycles. The molecule has 0 spiro atoms. The fourth-order valence-corrected chi connectivity index (χ4v) is 1.37. The molecule has 88 valence electrons. The minimum Gasteiger partial charge on any atom is -0.396 e. The molecule has 1 heterocycles. The summed E-state index contributed by atoms with van der Waals surface area (Å²) in [6.45, 7) is 1.71. The summed E-state index contributed by atoms with van der Waals surface area (Å²) in [7, 11) is 0. The average Bonchev–Trinajstić information content (AvgIpc) is 2.29. The van der Waals surface area contributed by atoms with Gasteiger partial charge >= 0.3 is 0 Å². The van der Waals surface area contributed by atoms with Crippen LogP contribution in [0, 0.1) is 12.7 Å². The molecule has 0 saturated heterocycles. The first-order valence-corrected chi connectivity index (χ1v) is 5.11. The number of aromatic nitrogens is 1. The smallest absolute Gasteiger partial charge is 0.149 e. The number of anilines is 4. The number of benzene rings is 1. The van der Waals surface area contributed by atoms with Gasteiger partial charge in [-0.1, -0.05) is 6.07 Å². The molecule has 4 nitrogen and oxygen atoms in total. The zero-order valence-electron chi connectivity index (χ0n) is 9.37. The second kappa shape index (κ2) is 4.29. The van der Waals surface area contributed by atoms with Crippen molar-refractivity contribution in [3.8, 4) is 0 Å². The Kier molecular flexibility index (Phi) is 2.82. The van der Waals surface area contributed by atoms with Crippen LogP contribution in [0.15, 0.2) is 30.3 Å². The molecule has 0 radical (unpaired) electrons. The molecule has 2 rings (SSSR count). The molecule has 1 aromatic carbocycles. The number of halogens is 1. The SMILES string of the molecule is Cc1ccc(Nc2ccc(N)c(N)n2)cc1F. The van der Waals surface area contributed by atoms with Crippen LogP contribution in [0.5, 0.6) is 0 Å². The number of pyridine rings is 1. The van der Waals surface area contributed by atoms with Crippen LogP contribution >= 0.6 is 0 Å². The molecule has 0 atom stereocenters. The molecular weight excluding hydrogens is 219 g/mol. The van der Waals surface area contributed by atoms with Crippen LogP contribution in [0.4, 0.5) is 27.4 Å². The first kappa shape index (κ1) is 11.2. The Morgan fingerprint density at radius 3 is 2.59 bits per heavy atom. The van der Waals surface area contributed by atoms with Crippen molar-refractivity contribution in [2.75, 3.05) is 16.8 Å². The van der Waals surface area contributed by atoms with Gasteiger partial charge in [0.25, 0.3) is 0 Å². The van der Waals surface area contributed by atoms with Gasteiger partial charge < -0.3 is 16.8 Å². The van der Waals surface area contributed by atoms with Crippen LogP contribution in [0.1, 0.15) is 5.56 Å². The third-order valence-corrected chi connectivity index (χ3v) is 2.40. The van der Waals surface area contributed by atoms with E-state index in [1.54, 1.807) is 31.2 Å². The summed E-state index contributed by atoms with van der Waals surface area (Å²) in [4.78, 5) is 4.04. The maximum atomic E-state index is 13.3. The summed E-state index contributed by atoms with van der Waals surface area (Å²) >= 11 is 0. The van der Waals surface area contributed by atoms with Crippen molar-refractivity contribution < 1.29 is 4.39 Å². The zero-order valence-corrected chi connectivity index (χ0v) is 9.37. The quantitative estimate of drug-likeness (QED) is 0.743. The molecule has 0 aliphatic rings. The van der Waals surface area contributed by atoms with E-state index in [4.69, 9.17) is 11.5 Å². The number of nitrogens with one attached hydrogen (secondary N) is 1. The third-order valence-electron chi connectivity index (χ3n) is 2.40. The first-order valence-electron chi connectivity index (χ1n) is 5.11. The maximum absolute atomic E-state index is 13.3. The fourth-order valence-electron chi connectivity index (χ4n) is 1.37. The highest BCUT2D eigenvalue weighted by Crippen LogP contribution is 2.20. The van der Waals surface area contributed by atoms with Gasteiger partial charge in [-0.3, -0.25) is 0 Å². The molecule has 17 heavy (non-hydrogen) atoms. The standard InChI is InChI=1S/C12H13FN4/c1-7-2-3-8(6-9(7)13)16-11-5-4-10(14)12(15)17-11/h2-6H,14H2,1H3,(H3,15,16,17). The molecule has 0 saturated carbocycles.